The van der Waals surface area contributed by atoms with Crippen LogP contribution in [0.1, 0.15) is 41.6 Å². The summed E-state index contributed by atoms with van der Waals surface area (Å²) in [4.78, 5) is 17.5. The molecule has 1 unspecified atom stereocenters. The second-order valence-corrected chi connectivity index (χ2v) is 13.0. The van der Waals surface area contributed by atoms with Crippen LogP contribution >= 0.6 is 0 Å². The number of anilines is 1. The van der Waals surface area contributed by atoms with Gasteiger partial charge in [-0.25, -0.2) is 16.8 Å². The van der Waals surface area contributed by atoms with E-state index in [1.54, 1.807) is 24.3 Å². The molecular weight excluding hydrogens is 474 g/mol. The van der Waals surface area contributed by atoms with Crippen molar-refractivity contribution in [3.8, 4) is 0 Å². The molecule has 184 valence electrons. The normalized spacial score (nSPS) is 19.4. The van der Waals surface area contributed by atoms with E-state index in [1.807, 2.05) is 4.90 Å². The summed E-state index contributed by atoms with van der Waals surface area (Å²) >= 11 is 0. The molecule has 0 saturated carbocycles. The molecule has 1 N–H and O–H groups in total. The Bertz CT molecular complexity index is 1220. The number of carbonyl (C=O) groups is 1. The SMILES string of the molecule is CS(=O)(=O)Cc1ccc(S(=O)(=O)Nc2ccc(C(=O)N3CCCC3CN3CCCC3)cc2)cc1. The summed E-state index contributed by atoms with van der Waals surface area (Å²) in [6, 6.07) is 12.5. The summed E-state index contributed by atoms with van der Waals surface area (Å²) < 4.78 is 50.8. The van der Waals surface area contributed by atoms with Crippen LogP contribution in [0.2, 0.25) is 0 Å². The van der Waals surface area contributed by atoms with Gasteiger partial charge in [0.1, 0.15) is 0 Å². The number of sulfonamides is 1. The van der Waals surface area contributed by atoms with Gasteiger partial charge in [-0.3, -0.25) is 9.52 Å². The van der Waals surface area contributed by atoms with Crippen LogP contribution in [0.4, 0.5) is 5.69 Å². The zero-order chi connectivity index (χ0) is 24.3. The lowest BCUT2D eigenvalue weighted by atomic mass is 10.1. The van der Waals surface area contributed by atoms with E-state index in [0.29, 0.717) is 16.8 Å². The Kier molecular flexibility index (Phi) is 7.30. The average molecular weight is 506 g/mol. The average Bonchev–Trinajstić information content (AvgIpc) is 3.45. The van der Waals surface area contributed by atoms with Crippen molar-refractivity contribution in [2.75, 3.05) is 37.2 Å². The van der Waals surface area contributed by atoms with Crippen molar-refractivity contribution in [2.45, 2.75) is 42.4 Å². The number of hydrogen-bond donors (Lipinski definition) is 1. The van der Waals surface area contributed by atoms with Gasteiger partial charge >= 0.3 is 0 Å². The van der Waals surface area contributed by atoms with Crippen LogP contribution in [0.5, 0.6) is 0 Å². The quantitative estimate of drug-likeness (QED) is 0.592. The first-order valence-electron chi connectivity index (χ1n) is 11.5. The zero-order valence-electron chi connectivity index (χ0n) is 19.3. The third-order valence-corrected chi connectivity index (χ3v) is 8.61. The van der Waals surface area contributed by atoms with E-state index in [1.165, 1.54) is 37.1 Å². The first-order valence-corrected chi connectivity index (χ1v) is 15.1. The molecule has 2 aromatic carbocycles. The van der Waals surface area contributed by atoms with Crippen molar-refractivity contribution in [1.29, 1.82) is 0 Å². The number of nitrogens with zero attached hydrogens (tertiary/aromatic N) is 2. The third kappa shape index (κ3) is 6.17. The third-order valence-electron chi connectivity index (χ3n) is 6.35. The molecular formula is C24H31N3O5S2. The second-order valence-electron chi connectivity index (χ2n) is 9.20. The summed E-state index contributed by atoms with van der Waals surface area (Å²) in [5, 5.41) is 0. The fourth-order valence-corrected chi connectivity index (χ4v) is 6.54. The van der Waals surface area contributed by atoms with Crippen LogP contribution in [0, 0.1) is 0 Å². The first-order chi connectivity index (χ1) is 16.1. The number of carbonyl (C=O) groups excluding carboxylic acids is 1. The van der Waals surface area contributed by atoms with Gasteiger partial charge in [0.2, 0.25) is 0 Å². The first kappa shape index (κ1) is 24.7. The minimum atomic E-state index is -3.85. The fraction of sp³-hybridized carbons (Fsp3) is 0.458. The van der Waals surface area contributed by atoms with Gasteiger partial charge in [0.25, 0.3) is 15.9 Å². The molecule has 34 heavy (non-hydrogen) atoms. The summed E-state index contributed by atoms with van der Waals surface area (Å²) in [6.45, 7) is 3.88. The van der Waals surface area contributed by atoms with Gasteiger partial charge in [0.15, 0.2) is 9.84 Å². The van der Waals surface area contributed by atoms with Crippen LogP contribution in [-0.4, -0.2) is 71.0 Å². The molecule has 0 spiro atoms. The van der Waals surface area contributed by atoms with Crippen LogP contribution in [0.25, 0.3) is 0 Å². The Hall–Kier alpha value is -2.43. The molecule has 2 aromatic rings. The van der Waals surface area contributed by atoms with Gasteiger partial charge in [-0.2, -0.15) is 0 Å². The van der Waals surface area contributed by atoms with Crippen LogP contribution < -0.4 is 4.72 Å². The summed E-state index contributed by atoms with van der Waals surface area (Å²) in [7, 11) is -7.04. The molecule has 0 bridgehead atoms. The maximum absolute atomic E-state index is 13.1. The van der Waals surface area contributed by atoms with Crippen molar-refractivity contribution < 1.29 is 21.6 Å². The largest absolute Gasteiger partial charge is 0.334 e. The highest BCUT2D eigenvalue weighted by atomic mass is 32.2. The van der Waals surface area contributed by atoms with E-state index in [9.17, 15) is 21.6 Å². The molecule has 2 fully saturated rings. The van der Waals surface area contributed by atoms with Gasteiger partial charge in [-0.05, 0) is 80.7 Å². The van der Waals surface area contributed by atoms with E-state index < -0.39 is 19.9 Å². The van der Waals surface area contributed by atoms with Crippen molar-refractivity contribution in [3.63, 3.8) is 0 Å². The fourth-order valence-electron chi connectivity index (χ4n) is 4.68. The molecule has 0 aliphatic carbocycles. The lowest BCUT2D eigenvalue weighted by Crippen LogP contribution is -2.42. The summed E-state index contributed by atoms with van der Waals surface area (Å²) in [5.41, 5.74) is 1.42. The number of likely N-dealkylation sites (tertiary alicyclic amines) is 2. The highest BCUT2D eigenvalue weighted by Gasteiger charge is 2.31. The Balaban J connectivity index is 1.40. The molecule has 8 nitrogen and oxygen atoms in total. The zero-order valence-corrected chi connectivity index (χ0v) is 20.9. The van der Waals surface area contributed by atoms with Gasteiger partial charge in [0, 0.05) is 36.6 Å². The highest BCUT2D eigenvalue weighted by Crippen LogP contribution is 2.24. The van der Waals surface area contributed by atoms with Crippen LogP contribution in [0.15, 0.2) is 53.4 Å². The highest BCUT2D eigenvalue weighted by molar-refractivity contribution is 7.92. The Morgan fingerprint density at radius 2 is 1.56 bits per heavy atom. The van der Waals surface area contributed by atoms with Crippen molar-refractivity contribution in [2.24, 2.45) is 0 Å². The number of benzene rings is 2. The van der Waals surface area contributed by atoms with Gasteiger partial charge in [0.05, 0.1) is 10.6 Å². The molecule has 0 aromatic heterocycles. The smallest absolute Gasteiger partial charge is 0.261 e. The molecule has 2 aliphatic rings. The Labute approximate surface area is 201 Å². The van der Waals surface area contributed by atoms with Crippen LogP contribution in [-0.2, 0) is 25.6 Å². The van der Waals surface area contributed by atoms with E-state index in [0.717, 1.165) is 45.3 Å². The summed E-state index contributed by atoms with van der Waals surface area (Å²) in [6.07, 6.45) is 5.60. The van der Waals surface area contributed by atoms with E-state index in [4.69, 9.17) is 0 Å². The predicted molar refractivity (Wildman–Crippen MR) is 132 cm³/mol. The van der Waals surface area contributed by atoms with E-state index >= 15 is 0 Å². The molecule has 1 atom stereocenters. The van der Waals surface area contributed by atoms with Crippen molar-refractivity contribution in [3.05, 3.63) is 59.7 Å². The minimum absolute atomic E-state index is 0.0161. The molecule has 2 saturated heterocycles. The molecule has 10 heteroatoms. The van der Waals surface area contributed by atoms with Crippen molar-refractivity contribution >= 4 is 31.5 Å². The molecule has 0 radical (unpaired) electrons. The summed E-state index contributed by atoms with van der Waals surface area (Å²) in [5.74, 6) is -0.163. The maximum atomic E-state index is 13.1. The Morgan fingerprint density at radius 3 is 2.18 bits per heavy atom. The lowest BCUT2D eigenvalue weighted by molar-refractivity contribution is 0.0709. The topological polar surface area (TPSA) is 104 Å². The number of amides is 1. The number of sulfone groups is 1. The predicted octanol–water partition coefficient (Wildman–Crippen LogP) is 2.73. The maximum Gasteiger partial charge on any atom is 0.261 e. The van der Waals surface area contributed by atoms with E-state index in [2.05, 4.69) is 9.62 Å². The standard InChI is InChI=1S/C24H31N3O5S2/c1-33(29,30)18-19-6-12-23(13-7-19)34(31,32)25-21-10-8-20(9-11-21)24(28)27-16-4-5-22(27)17-26-14-2-3-15-26/h6-13,22,25H,2-5,14-18H2,1H3. The van der Waals surface area contributed by atoms with Crippen LogP contribution in [0.3, 0.4) is 0 Å². The molecule has 2 heterocycles. The minimum Gasteiger partial charge on any atom is -0.334 e. The van der Waals surface area contributed by atoms with Gasteiger partial charge in [-0.15, -0.1) is 0 Å². The van der Waals surface area contributed by atoms with Crippen molar-refractivity contribution in [1.82, 2.24) is 9.80 Å². The second kappa shape index (κ2) is 10.1. The molecule has 1 amide bonds. The van der Waals surface area contributed by atoms with E-state index in [-0.39, 0.29) is 22.6 Å². The lowest BCUT2D eigenvalue weighted by Gasteiger charge is -2.28. The molecule has 4 rings (SSSR count). The van der Waals surface area contributed by atoms with Gasteiger partial charge in [-0.1, -0.05) is 12.1 Å². The van der Waals surface area contributed by atoms with Gasteiger partial charge < -0.3 is 9.80 Å². The number of nitrogens with one attached hydrogen (secondary N) is 1. The molecule has 2 aliphatic heterocycles. The monoisotopic (exact) mass is 505 g/mol. The number of rotatable bonds is 8. The Morgan fingerprint density at radius 1 is 0.912 bits per heavy atom. The number of hydrogen-bond acceptors (Lipinski definition) is 6.